The Labute approximate surface area is 119 Å². The van der Waals surface area contributed by atoms with Crippen LogP contribution in [-0.4, -0.2) is 34.1 Å². The SMILES string of the molecule is CC1(C)CC2C1CC1OC1(C)C(=O)CCC2(O)CCl. The number of aliphatic hydroxyl groups is 1. The number of epoxide rings is 1. The van der Waals surface area contributed by atoms with E-state index < -0.39 is 11.2 Å². The second kappa shape index (κ2) is 3.96. The van der Waals surface area contributed by atoms with Crippen molar-refractivity contribution in [3.05, 3.63) is 0 Å². The Kier molecular flexibility index (Phi) is 2.88. The molecule has 3 nitrogen and oxygen atoms in total. The van der Waals surface area contributed by atoms with Crippen molar-refractivity contribution in [3.63, 3.8) is 0 Å². The molecule has 3 fully saturated rings. The van der Waals surface area contributed by atoms with Crippen molar-refractivity contribution in [2.45, 2.75) is 63.8 Å². The van der Waals surface area contributed by atoms with Crippen LogP contribution in [0.1, 0.15) is 46.5 Å². The fraction of sp³-hybridized carbons (Fsp3) is 0.933. The summed E-state index contributed by atoms with van der Waals surface area (Å²) in [5.41, 5.74) is -1.26. The highest BCUT2D eigenvalue weighted by atomic mass is 35.5. The first-order valence-electron chi connectivity index (χ1n) is 7.22. The summed E-state index contributed by atoms with van der Waals surface area (Å²) in [6.45, 7) is 6.37. The highest BCUT2D eigenvalue weighted by Gasteiger charge is 2.64. The molecule has 5 unspecified atom stereocenters. The number of alkyl halides is 1. The Morgan fingerprint density at radius 3 is 2.63 bits per heavy atom. The Hall–Kier alpha value is -0.120. The van der Waals surface area contributed by atoms with E-state index >= 15 is 0 Å². The average molecular weight is 287 g/mol. The van der Waals surface area contributed by atoms with E-state index in [9.17, 15) is 9.90 Å². The van der Waals surface area contributed by atoms with Crippen molar-refractivity contribution in [1.82, 2.24) is 0 Å². The summed E-state index contributed by atoms with van der Waals surface area (Å²) in [6, 6.07) is 0. The van der Waals surface area contributed by atoms with Crippen LogP contribution < -0.4 is 0 Å². The van der Waals surface area contributed by atoms with E-state index in [1.165, 1.54) is 0 Å². The monoisotopic (exact) mass is 286 g/mol. The summed E-state index contributed by atoms with van der Waals surface area (Å²) in [5, 5.41) is 10.8. The molecule has 0 aromatic rings. The minimum Gasteiger partial charge on any atom is -0.388 e. The molecule has 0 aromatic carbocycles. The lowest BCUT2D eigenvalue weighted by Crippen LogP contribution is -2.57. The van der Waals surface area contributed by atoms with Crippen LogP contribution in [0.25, 0.3) is 0 Å². The van der Waals surface area contributed by atoms with Crippen molar-refractivity contribution in [3.8, 4) is 0 Å². The molecule has 3 aliphatic rings. The molecule has 0 radical (unpaired) electrons. The lowest BCUT2D eigenvalue weighted by Gasteiger charge is -2.57. The number of carbonyl (C=O) groups is 1. The van der Waals surface area contributed by atoms with Crippen molar-refractivity contribution in [1.29, 1.82) is 0 Å². The van der Waals surface area contributed by atoms with Gasteiger partial charge in [-0.25, -0.2) is 0 Å². The van der Waals surface area contributed by atoms with E-state index in [0.29, 0.717) is 18.8 Å². The molecule has 0 bridgehead atoms. The summed E-state index contributed by atoms with van der Waals surface area (Å²) < 4.78 is 5.68. The predicted molar refractivity (Wildman–Crippen MR) is 73.2 cm³/mol. The Morgan fingerprint density at radius 1 is 1.37 bits per heavy atom. The Morgan fingerprint density at radius 2 is 2.05 bits per heavy atom. The summed E-state index contributed by atoms with van der Waals surface area (Å²) in [6.07, 6.45) is 2.75. The van der Waals surface area contributed by atoms with Gasteiger partial charge >= 0.3 is 0 Å². The molecule has 2 saturated carbocycles. The molecule has 0 amide bonds. The van der Waals surface area contributed by atoms with Crippen LogP contribution >= 0.6 is 11.6 Å². The molecule has 0 aromatic heterocycles. The third-order valence-corrected chi connectivity index (χ3v) is 6.37. The van der Waals surface area contributed by atoms with Gasteiger partial charge in [-0.05, 0) is 43.4 Å². The van der Waals surface area contributed by atoms with Gasteiger partial charge in [0.05, 0.1) is 17.6 Å². The second-order valence-corrected chi connectivity index (χ2v) is 7.78. The smallest absolute Gasteiger partial charge is 0.167 e. The van der Waals surface area contributed by atoms with Gasteiger partial charge in [-0.1, -0.05) is 13.8 Å². The Balaban J connectivity index is 1.89. The van der Waals surface area contributed by atoms with E-state index in [0.717, 1.165) is 12.8 Å². The first kappa shape index (κ1) is 13.8. The normalized spacial score (nSPS) is 52.1. The van der Waals surface area contributed by atoms with Crippen LogP contribution in [-0.2, 0) is 9.53 Å². The largest absolute Gasteiger partial charge is 0.388 e. The molecular weight excluding hydrogens is 264 g/mol. The number of hydrogen-bond acceptors (Lipinski definition) is 3. The number of rotatable bonds is 1. The van der Waals surface area contributed by atoms with Crippen LogP contribution in [0, 0.1) is 17.3 Å². The zero-order valence-electron chi connectivity index (χ0n) is 11.9. The number of ether oxygens (including phenoxy) is 1. The van der Waals surface area contributed by atoms with E-state index in [-0.39, 0.29) is 29.1 Å². The third-order valence-electron chi connectivity index (χ3n) is 5.91. The topological polar surface area (TPSA) is 49.8 Å². The van der Waals surface area contributed by atoms with Gasteiger partial charge in [0.2, 0.25) is 0 Å². The van der Waals surface area contributed by atoms with Gasteiger partial charge < -0.3 is 9.84 Å². The van der Waals surface area contributed by atoms with Crippen LogP contribution in [0.4, 0.5) is 0 Å². The van der Waals surface area contributed by atoms with E-state index in [4.69, 9.17) is 16.3 Å². The molecule has 1 heterocycles. The molecule has 0 spiro atoms. The number of hydrogen-bond donors (Lipinski definition) is 1. The first-order chi connectivity index (χ1) is 8.73. The van der Waals surface area contributed by atoms with Crippen molar-refractivity contribution in [2.75, 3.05) is 5.88 Å². The highest BCUT2D eigenvalue weighted by Crippen LogP contribution is 2.61. The quantitative estimate of drug-likeness (QED) is 0.595. The first-order valence-corrected chi connectivity index (χ1v) is 7.76. The number of halogens is 1. The van der Waals surface area contributed by atoms with Crippen LogP contribution in [0.5, 0.6) is 0 Å². The van der Waals surface area contributed by atoms with Gasteiger partial charge in [-0.3, -0.25) is 4.79 Å². The summed E-state index contributed by atoms with van der Waals surface area (Å²) in [7, 11) is 0. The number of fused-ring (bicyclic) bond motifs is 2. The maximum absolute atomic E-state index is 12.2. The molecule has 1 saturated heterocycles. The fourth-order valence-corrected chi connectivity index (χ4v) is 4.56. The maximum atomic E-state index is 12.2. The molecule has 1 N–H and O–H groups in total. The Bertz CT molecular complexity index is 422. The maximum Gasteiger partial charge on any atom is 0.167 e. The van der Waals surface area contributed by atoms with Gasteiger partial charge in [0.1, 0.15) is 5.60 Å². The summed E-state index contributed by atoms with van der Waals surface area (Å²) in [4.78, 5) is 12.2. The van der Waals surface area contributed by atoms with Crippen LogP contribution in [0.3, 0.4) is 0 Å². The van der Waals surface area contributed by atoms with E-state index in [1.54, 1.807) is 0 Å². The molecule has 4 heteroatoms. The molecule has 5 atom stereocenters. The zero-order valence-corrected chi connectivity index (χ0v) is 12.7. The standard InChI is InChI=1S/C15H23ClO3/c1-13(2)7-10-9(13)6-12-14(3,19-12)11(17)4-5-15(10,18)8-16/h9-10,12,18H,4-8H2,1-3H3. The molecule has 19 heavy (non-hydrogen) atoms. The third kappa shape index (κ3) is 1.89. The predicted octanol–water partition coefficient (Wildman–Crippen LogP) is 2.53. The van der Waals surface area contributed by atoms with Crippen LogP contribution in [0.2, 0.25) is 0 Å². The van der Waals surface area contributed by atoms with Gasteiger partial charge in [0.15, 0.2) is 5.78 Å². The van der Waals surface area contributed by atoms with E-state index in [2.05, 4.69) is 13.8 Å². The summed E-state index contributed by atoms with van der Waals surface area (Å²) in [5.74, 6) is 0.952. The van der Waals surface area contributed by atoms with E-state index in [1.807, 2.05) is 6.92 Å². The number of carbonyl (C=O) groups excluding carboxylic acids is 1. The molecule has 2 aliphatic carbocycles. The van der Waals surface area contributed by atoms with Gasteiger partial charge in [0.25, 0.3) is 0 Å². The minimum atomic E-state index is -0.884. The number of Topliss-reactive ketones (excluding diaryl/α,β-unsaturated/α-hetero) is 1. The molecule has 1 aliphatic heterocycles. The average Bonchev–Trinajstić information content (AvgIpc) is 3.01. The zero-order chi connectivity index (χ0) is 14.1. The van der Waals surface area contributed by atoms with Gasteiger partial charge in [0, 0.05) is 6.42 Å². The lowest BCUT2D eigenvalue weighted by atomic mass is 9.49. The van der Waals surface area contributed by atoms with Crippen LogP contribution in [0.15, 0.2) is 0 Å². The molecule has 3 rings (SSSR count). The van der Waals surface area contributed by atoms with Crippen molar-refractivity contribution in [2.24, 2.45) is 17.3 Å². The fourth-order valence-electron chi connectivity index (χ4n) is 4.23. The second-order valence-electron chi connectivity index (χ2n) is 7.52. The van der Waals surface area contributed by atoms with Gasteiger partial charge in [-0.15, -0.1) is 11.6 Å². The molecular formula is C15H23ClO3. The molecule has 108 valence electrons. The minimum absolute atomic E-state index is 0.0461. The lowest BCUT2D eigenvalue weighted by molar-refractivity contribution is -0.145. The van der Waals surface area contributed by atoms with Crippen molar-refractivity contribution < 1.29 is 14.6 Å². The number of ketones is 1. The van der Waals surface area contributed by atoms with Gasteiger partial charge in [-0.2, -0.15) is 0 Å². The highest BCUT2D eigenvalue weighted by molar-refractivity contribution is 6.18. The van der Waals surface area contributed by atoms with Crippen molar-refractivity contribution >= 4 is 17.4 Å². The summed E-state index contributed by atoms with van der Waals surface area (Å²) >= 11 is 6.03.